The molecule has 1 fully saturated rings. The van der Waals surface area contributed by atoms with Crippen molar-refractivity contribution in [3.8, 4) is 0 Å². The highest BCUT2D eigenvalue weighted by Gasteiger charge is 2.29. The third-order valence-electron chi connectivity index (χ3n) is 4.19. The fraction of sp³-hybridized carbons (Fsp3) is 1.00. The third kappa shape index (κ3) is 4.97. The molecule has 2 heteroatoms. The largest absolute Gasteiger partial charge is 0.316 e. The second-order valence-corrected chi connectivity index (χ2v) is 6.32. The molecular formula is C15H32N2. The lowest BCUT2D eigenvalue weighted by molar-refractivity contribution is 0.0669. The lowest BCUT2D eigenvalue weighted by Gasteiger charge is -2.42. The highest BCUT2D eigenvalue weighted by molar-refractivity contribution is 4.82. The summed E-state index contributed by atoms with van der Waals surface area (Å²) in [6.45, 7) is 16.7. The first-order valence-corrected chi connectivity index (χ1v) is 7.49. The Bertz CT molecular complexity index is 205. The van der Waals surface area contributed by atoms with E-state index in [1.165, 1.54) is 32.5 Å². The number of hydrogen-bond donors (Lipinski definition) is 1. The molecule has 0 saturated carbocycles. The number of hydrogen-bond acceptors (Lipinski definition) is 2. The maximum atomic E-state index is 3.53. The fourth-order valence-corrected chi connectivity index (χ4v) is 3.06. The molecule has 1 aliphatic heterocycles. The number of nitrogens with zero attached hydrogens (tertiary/aromatic N) is 1. The summed E-state index contributed by atoms with van der Waals surface area (Å²) < 4.78 is 0. The molecule has 102 valence electrons. The Morgan fingerprint density at radius 1 is 1.29 bits per heavy atom. The Labute approximate surface area is 108 Å². The van der Waals surface area contributed by atoms with Gasteiger partial charge in [-0.05, 0) is 50.6 Å². The molecule has 1 N–H and O–H groups in total. The van der Waals surface area contributed by atoms with Crippen LogP contribution in [0.3, 0.4) is 0 Å². The topological polar surface area (TPSA) is 15.3 Å². The molecule has 1 aliphatic rings. The molecular weight excluding hydrogens is 208 g/mol. The number of nitrogens with one attached hydrogen (secondary N) is 1. The molecule has 1 heterocycles. The van der Waals surface area contributed by atoms with Gasteiger partial charge in [0.2, 0.25) is 0 Å². The van der Waals surface area contributed by atoms with Crippen LogP contribution in [0.1, 0.15) is 47.5 Å². The normalized spacial score (nSPS) is 32.6. The van der Waals surface area contributed by atoms with Crippen molar-refractivity contribution in [2.24, 2.45) is 17.8 Å². The summed E-state index contributed by atoms with van der Waals surface area (Å²) in [5.41, 5.74) is 0. The summed E-state index contributed by atoms with van der Waals surface area (Å²) in [7, 11) is 0. The zero-order valence-corrected chi connectivity index (χ0v) is 12.5. The summed E-state index contributed by atoms with van der Waals surface area (Å²) >= 11 is 0. The molecule has 1 rings (SSSR count). The molecule has 0 bridgehead atoms. The first-order valence-electron chi connectivity index (χ1n) is 7.49. The van der Waals surface area contributed by atoms with Gasteiger partial charge in [-0.2, -0.15) is 0 Å². The molecule has 4 unspecified atom stereocenters. The minimum Gasteiger partial charge on any atom is -0.316 e. The fourth-order valence-electron chi connectivity index (χ4n) is 3.06. The summed E-state index contributed by atoms with van der Waals surface area (Å²) in [4.78, 5) is 2.71. The van der Waals surface area contributed by atoms with Crippen LogP contribution >= 0.6 is 0 Å². The van der Waals surface area contributed by atoms with E-state index in [1.807, 2.05) is 0 Å². The predicted molar refractivity (Wildman–Crippen MR) is 76.3 cm³/mol. The van der Waals surface area contributed by atoms with E-state index in [4.69, 9.17) is 0 Å². The minimum absolute atomic E-state index is 0.764. The van der Waals surface area contributed by atoms with E-state index in [9.17, 15) is 0 Å². The van der Waals surface area contributed by atoms with Crippen molar-refractivity contribution in [3.05, 3.63) is 0 Å². The first-order chi connectivity index (χ1) is 8.04. The first kappa shape index (κ1) is 15.0. The van der Waals surface area contributed by atoms with Gasteiger partial charge in [0.25, 0.3) is 0 Å². The van der Waals surface area contributed by atoms with Crippen molar-refractivity contribution in [3.63, 3.8) is 0 Å². The van der Waals surface area contributed by atoms with Crippen molar-refractivity contribution in [2.75, 3.05) is 26.2 Å². The van der Waals surface area contributed by atoms with Crippen molar-refractivity contribution >= 4 is 0 Å². The van der Waals surface area contributed by atoms with E-state index in [-0.39, 0.29) is 0 Å². The zero-order valence-electron chi connectivity index (χ0n) is 12.5. The summed E-state index contributed by atoms with van der Waals surface area (Å²) in [5, 5.41) is 3.53. The van der Waals surface area contributed by atoms with Crippen LogP contribution < -0.4 is 5.32 Å². The van der Waals surface area contributed by atoms with E-state index in [1.54, 1.807) is 0 Å². The third-order valence-corrected chi connectivity index (χ3v) is 4.19. The molecule has 0 aromatic carbocycles. The molecule has 0 aromatic rings. The van der Waals surface area contributed by atoms with Gasteiger partial charge in [0.1, 0.15) is 0 Å². The lowest BCUT2D eigenvalue weighted by atomic mass is 9.85. The predicted octanol–water partition coefficient (Wildman–Crippen LogP) is 2.99. The second kappa shape index (κ2) is 7.38. The molecule has 0 radical (unpaired) electrons. The molecule has 2 nitrogen and oxygen atoms in total. The molecule has 0 aromatic heterocycles. The van der Waals surface area contributed by atoms with Crippen LogP contribution in [-0.4, -0.2) is 37.1 Å². The zero-order chi connectivity index (χ0) is 12.8. The van der Waals surface area contributed by atoms with Crippen LogP contribution in [-0.2, 0) is 0 Å². The molecule has 4 atom stereocenters. The van der Waals surface area contributed by atoms with Gasteiger partial charge in [0, 0.05) is 19.1 Å². The Hall–Kier alpha value is -0.0800. The van der Waals surface area contributed by atoms with Gasteiger partial charge in [0.15, 0.2) is 0 Å². The highest BCUT2D eigenvalue weighted by Crippen LogP contribution is 2.27. The van der Waals surface area contributed by atoms with Crippen LogP contribution in [0.15, 0.2) is 0 Å². The summed E-state index contributed by atoms with van der Waals surface area (Å²) in [6, 6.07) is 0.764. The van der Waals surface area contributed by atoms with Crippen LogP contribution in [0.5, 0.6) is 0 Å². The molecule has 0 spiro atoms. The van der Waals surface area contributed by atoms with Gasteiger partial charge < -0.3 is 5.32 Å². The van der Waals surface area contributed by atoms with Gasteiger partial charge in [-0.1, -0.05) is 27.7 Å². The van der Waals surface area contributed by atoms with Crippen LogP contribution in [0, 0.1) is 17.8 Å². The second-order valence-electron chi connectivity index (χ2n) is 6.32. The Kier molecular flexibility index (Phi) is 6.50. The summed E-state index contributed by atoms with van der Waals surface area (Å²) in [5.74, 6) is 2.49. The maximum absolute atomic E-state index is 3.53. The molecule has 0 aliphatic carbocycles. The van der Waals surface area contributed by atoms with E-state index in [0.29, 0.717) is 0 Å². The Balaban J connectivity index is 2.32. The molecule has 17 heavy (non-hydrogen) atoms. The van der Waals surface area contributed by atoms with E-state index < -0.39 is 0 Å². The Morgan fingerprint density at radius 3 is 2.65 bits per heavy atom. The van der Waals surface area contributed by atoms with E-state index in [2.05, 4.69) is 44.8 Å². The average Bonchev–Trinajstić information content (AvgIpc) is 2.25. The monoisotopic (exact) mass is 240 g/mol. The minimum atomic E-state index is 0.764. The van der Waals surface area contributed by atoms with Gasteiger partial charge >= 0.3 is 0 Å². The Morgan fingerprint density at radius 2 is 2.00 bits per heavy atom. The van der Waals surface area contributed by atoms with Crippen molar-refractivity contribution < 1.29 is 0 Å². The maximum Gasteiger partial charge on any atom is 0.00929 e. The van der Waals surface area contributed by atoms with Crippen LogP contribution in [0.25, 0.3) is 0 Å². The number of rotatable bonds is 6. The average molecular weight is 240 g/mol. The van der Waals surface area contributed by atoms with Gasteiger partial charge in [-0.15, -0.1) is 0 Å². The van der Waals surface area contributed by atoms with Crippen molar-refractivity contribution in [1.82, 2.24) is 10.2 Å². The van der Waals surface area contributed by atoms with Gasteiger partial charge in [0.05, 0.1) is 0 Å². The van der Waals surface area contributed by atoms with Crippen molar-refractivity contribution in [2.45, 2.75) is 53.5 Å². The number of piperidine rings is 1. The van der Waals surface area contributed by atoms with Crippen molar-refractivity contribution in [1.29, 1.82) is 0 Å². The summed E-state index contributed by atoms with van der Waals surface area (Å²) in [6.07, 6.45) is 2.64. The van der Waals surface area contributed by atoms with Crippen LogP contribution in [0.2, 0.25) is 0 Å². The molecule has 0 amide bonds. The van der Waals surface area contributed by atoms with Crippen LogP contribution in [0.4, 0.5) is 0 Å². The highest BCUT2D eigenvalue weighted by atomic mass is 15.2. The van der Waals surface area contributed by atoms with E-state index in [0.717, 1.165) is 30.3 Å². The lowest BCUT2D eigenvalue weighted by Crippen LogP contribution is -2.48. The smallest absolute Gasteiger partial charge is 0.00929 e. The quantitative estimate of drug-likeness (QED) is 0.718. The number of likely N-dealkylation sites (tertiary alicyclic amines) is 1. The van der Waals surface area contributed by atoms with Gasteiger partial charge in [-0.25, -0.2) is 0 Å². The molecule has 1 saturated heterocycles. The van der Waals surface area contributed by atoms with E-state index >= 15 is 0 Å². The standard InChI is InChI=1S/C15H32N2/c1-6-7-16-9-13(3)11-17-10-12(2)8-14(4)15(17)5/h12-16H,6-11H2,1-5H3. The van der Waals surface area contributed by atoms with Gasteiger partial charge in [-0.3, -0.25) is 4.90 Å². The SMILES string of the molecule is CCCNCC(C)CN1CC(C)CC(C)C1C.